The number of nitriles is 1. The first-order valence-corrected chi connectivity index (χ1v) is 7.30. The zero-order chi connectivity index (χ0) is 16.6. The van der Waals surface area contributed by atoms with Crippen LogP contribution in [0, 0.1) is 25.2 Å². The van der Waals surface area contributed by atoms with Gasteiger partial charge in [0, 0.05) is 17.1 Å². The lowest BCUT2D eigenvalue weighted by atomic mass is 9.90. The van der Waals surface area contributed by atoms with Crippen LogP contribution in [0.2, 0.25) is 0 Å². The number of nitrogens with zero attached hydrogens (tertiary/aromatic N) is 2. The Hall–Kier alpha value is -3.06. The second kappa shape index (κ2) is 5.62. The largest absolute Gasteiger partial charge is 0.496 e. The number of hydrogen-bond acceptors (Lipinski definition) is 4. The van der Waals surface area contributed by atoms with Crippen molar-refractivity contribution in [2.24, 2.45) is 0 Å². The average molecular weight is 303 g/mol. The number of anilines is 1. The Morgan fingerprint density at radius 1 is 1.17 bits per heavy atom. The van der Waals surface area contributed by atoms with Crippen molar-refractivity contribution >= 4 is 16.6 Å². The third-order valence-corrected chi connectivity index (χ3v) is 4.15. The van der Waals surface area contributed by atoms with Gasteiger partial charge in [-0.2, -0.15) is 5.26 Å². The molecule has 0 amide bonds. The van der Waals surface area contributed by atoms with Crippen molar-refractivity contribution in [3.8, 4) is 22.9 Å². The Kier molecular flexibility index (Phi) is 3.63. The third-order valence-electron chi connectivity index (χ3n) is 4.15. The molecule has 4 heteroatoms. The number of pyridine rings is 1. The van der Waals surface area contributed by atoms with Crippen LogP contribution >= 0.6 is 0 Å². The maximum absolute atomic E-state index is 9.41. The number of rotatable bonds is 2. The molecule has 0 spiro atoms. The van der Waals surface area contributed by atoms with E-state index in [2.05, 4.69) is 11.1 Å². The summed E-state index contributed by atoms with van der Waals surface area (Å²) in [6.45, 7) is 4.02. The fourth-order valence-electron chi connectivity index (χ4n) is 3.02. The second-order valence-corrected chi connectivity index (χ2v) is 5.48. The summed E-state index contributed by atoms with van der Waals surface area (Å²) in [5.74, 6) is 0.788. The Balaban J connectivity index is 2.51. The maximum Gasteiger partial charge on any atom is 0.122 e. The zero-order valence-electron chi connectivity index (χ0n) is 13.3. The number of ether oxygens (including phenoxy) is 1. The summed E-state index contributed by atoms with van der Waals surface area (Å²) in [5, 5.41) is 10.3. The third kappa shape index (κ3) is 2.27. The van der Waals surface area contributed by atoms with E-state index in [1.54, 1.807) is 19.4 Å². The number of hydrogen-bond donors (Lipinski definition) is 1. The molecular formula is C19H17N3O. The molecule has 1 aromatic heterocycles. The van der Waals surface area contributed by atoms with Crippen molar-refractivity contribution in [3.63, 3.8) is 0 Å². The van der Waals surface area contributed by atoms with Gasteiger partial charge in [-0.15, -0.1) is 0 Å². The van der Waals surface area contributed by atoms with Crippen LogP contribution < -0.4 is 10.5 Å². The molecule has 0 unspecified atom stereocenters. The minimum absolute atomic E-state index is 0.457. The molecule has 3 aromatic rings. The molecule has 0 aliphatic carbocycles. The quantitative estimate of drug-likeness (QED) is 0.727. The topological polar surface area (TPSA) is 71.9 Å². The van der Waals surface area contributed by atoms with Crippen molar-refractivity contribution in [1.29, 1.82) is 5.26 Å². The van der Waals surface area contributed by atoms with Crippen LogP contribution in [0.1, 0.15) is 16.7 Å². The van der Waals surface area contributed by atoms with Gasteiger partial charge in [-0.1, -0.05) is 12.1 Å². The maximum atomic E-state index is 9.41. The Morgan fingerprint density at radius 3 is 2.65 bits per heavy atom. The van der Waals surface area contributed by atoms with Gasteiger partial charge in [0.1, 0.15) is 11.8 Å². The second-order valence-electron chi connectivity index (χ2n) is 5.48. The lowest BCUT2D eigenvalue weighted by Gasteiger charge is -2.17. The molecule has 3 rings (SSSR count). The van der Waals surface area contributed by atoms with E-state index in [0.29, 0.717) is 11.3 Å². The molecule has 2 N–H and O–H groups in total. The Morgan fingerprint density at radius 2 is 1.96 bits per heavy atom. The molecular weight excluding hydrogens is 286 g/mol. The molecule has 0 aliphatic heterocycles. The van der Waals surface area contributed by atoms with Crippen LogP contribution in [0.5, 0.6) is 5.75 Å². The summed E-state index contributed by atoms with van der Waals surface area (Å²) in [5.41, 5.74) is 11.9. The summed E-state index contributed by atoms with van der Waals surface area (Å²) in [4.78, 5) is 4.50. The number of benzene rings is 2. The van der Waals surface area contributed by atoms with E-state index >= 15 is 0 Å². The van der Waals surface area contributed by atoms with E-state index in [0.717, 1.165) is 38.9 Å². The predicted molar refractivity (Wildman–Crippen MR) is 92.3 cm³/mol. The lowest BCUT2D eigenvalue weighted by Crippen LogP contribution is -2.01. The van der Waals surface area contributed by atoms with Crippen LogP contribution in [0.4, 0.5) is 5.69 Å². The molecule has 0 bridgehead atoms. The monoisotopic (exact) mass is 303 g/mol. The summed E-state index contributed by atoms with van der Waals surface area (Å²) in [6.07, 6.45) is 1.74. The minimum Gasteiger partial charge on any atom is -0.496 e. The van der Waals surface area contributed by atoms with Crippen molar-refractivity contribution in [2.45, 2.75) is 13.8 Å². The van der Waals surface area contributed by atoms with Gasteiger partial charge in [0.15, 0.2) is 0 Å². The first kappa shape index (κ1) is 14.9. The summed E-state index contributed by atoms with van der Waals surface area (Å²) in [7, 11) is 1.65. The van der Waals surface area contributed by atoms with E-state index in [1.165, 1.54) is 0 Å². The molecule has 4 nitrogen and oxygen atoms in total. The molecule has 0 atom stereocenters. The van der Waals surface area contributed by atoms with Crippen LogP contribution in [0.15, 0.2) is 36.5 Å². The van der Waals surface area contributed by atoms with E-state index in [4.69, 9.17) is 10.5 Å². The molecule has 1 heterocycles. The lowest BCUT2D eigenvalue weighted by molar-refractivity contribution is 0.412. The summed E-state index contributed by atoms with van der Waals surface area (Å²) < 4.78 is 5.44. The fraction of sp³-hybridized carbons (Fsp3) is 0.158. The molecule has 0 saturated heterocycles. The van der Waals surface area contributed by atoms with Gasteiger partial charge in [-0.25, -0.2) is 0 Å². The summed E-state index contributed by atoms with van der Waals surface area (Å²) in [6, 6.07) is 11.7. The van der Waals surface area contributed by atoms with Crippen LogP contribution in [0.25, 0.3) is 22.0 Å². The number of aryl methyl sites for hydroxylation is 1. The molecule has 0 aliphatic rings. The zero-order valence-corrected chi connectivity index (χ0v) is 13.3. The van der Waals surface area contributed by atoms with E-state index in [9.17, 15) is 5.26 Å². The van der Waals surface area contributed by atoms with Gasteiger partial charge in [0.2, 0.25) is 0 Å². The Labute approximate surface area is 135 Å². The first-order chi connectivity index (χ1) is 11.1. The predicted octanol–water partition coefficient (Wildman–Crippen LogP) is 3.98. The molecule has 0 fully saturated rings. The number of fused-ring (bicyclic) bond motifs is 1. The molecule has 0 saturated carbocycles. The standard InChI is InChI=1S/C19H17N3O/c1-11-6-7-15(23-3)12(2)16(11)17-18(21)14(10-20)9-13-5-4-8-22-19(13)17/h4-9H,21H2,1-3H3. The van der Waals surface area contributed by atoms with E-state index in [1.807, 2.05) is 38.1 Å². The fourth-order valence-corrected chi connectivity index (χ4v) is 3.02. The number of methoxy groups -OCH3 is 1. The first-order valence-electron chi connectivity index (χ1n) is 7.30. The van der Waals surface area contributed by atoms with Crippen molar-refractivity contribution in [1.82, 2.24) is 4.98 Å². The molecule has 23 heavy (non-hydrogen) atoms. The SMILES string of the molecule is COc1ccc(C)c(-c2c(N)c(C#N)cc3cccnc23)c1C. The average Bonchev–Trinajstić information content (AvgIpc) is 2.56. The Bertz CT molecular complexity index is 955. The van der Waals surface area contributed by atoms with Gasteiger partial charge in [-0.05, 0) is 48.7 Å². The van der Waals surface area contributed by atoms with Gasteiger partial charge in [0.05, 0.1) is 23.9 Å². The van der Waals surface area contributed by atoms with Crippen LogP contribution in [-0.2, 0) is 0 Å². The van der Waals surface area contributed by atoms with Gasteiger partial charge in [0.25, 0.3) is 0 Å². The molecule has 114 valence electrons. The number of nitrogen functional groups attached to an aromatic ring is 1. The van der Waals surface area contributed by atoms with Crippen molar-refractivity contribution in [3.05, 3.63) is 53.2 Å². The van der Waals surface area contributed by atoms with Gasteiger partial charge >= 0.3 is 0 Å². The van der Waals surface area contributed by atoms with Gasteiger partial charge < -0.3 is 10.5 Å². The van der Waals surface area contributed by atoms with Crippen LogP contribution in [-0.4, -0.2) is 12.1 Å². The smallest absolute Gasteiger partial charge is 0.122 e. The highest BCUT2D eigenvalue weighted by Crippen LogP contribution is 2.41. The van der Waals surface area contributed by atoms with Crippen molar-refractivity contribution < 1.29 is 4.74 Å². The summed E-state index contributed by atoms with van der Waals surface area (Å²) >= 11 is 0. The van der Waals surface area contributed by atoms with Gasteiger partial charge in [-0.3, -0.25) is 4.98 Å². The van der Waals surface area contributed by atoms with E-state index in [-0.39, 0.29) is 0 Å². The molecule has 0 radical (unpaired) electrons. The number of nitrogens with two attached hydrogens (primary N) is 1. The minimum atomic E-state index is 0.457. The van der Waals surface area contributed by atoms with Crippen molar-refractivity contribution in [2.75, 3.05) is 12.8 Å². The highest BCUT2D eigenvalue weighted by Gasteiger charge is 2.19. The highest BCUT2D eigenvalue weighted by molar-refractivity contribution is 6.03. The normalized spacial score (nSPS) is 10.5. The number of aromatic nitrogens is 1. The van der Waals surface area contributed by atoms with E-state index < -0.39 is 0 Å². The highest BCUT2D eigenvalue weighted by atomic mass is 16.5. The molecule has 2 aromatic carbocycles. The van der Waals surface area contributed by atoms with Crippen LogP contribution in [0.3, 0.4) is 0 Å².